The molecule has 1 aliphatic rings. The smallest absolute Gasteiger partial charge is 0.260 e. The van der Waals surface area contributed by atoms with Crippen molar-refractivity contribution in [3.8, 4) is 11.5 Å². The molecular formula is C14H13BrN2O4. The van der Waals surface area contributed by atoms with Crippen molar-refractivity contribution >= 4 is 33.2 Å². The van der Waals surface area contributed by atoms with Gasteiger partial charge in [-0.3, -0.25) is 4.79 Å². The van der Waals surface area contributed by atoms with Crippen molar-refractivity contribution in [2.75, 3.05) is 24.3 Å². The average Bonchev–Trinajstić information content (AvgIpc) is 2.75. The largest absolute Gasteiger partial charge is 0.489 e. The van der Waals surface area contributed by atoms with Gasteiger partial charge in [-0.1, -0.05) is 0 Å². The van der Waals surface area contributed by atoms with Crippen LogP contribution in [0.3, 0.4) is 0 Å². The van der Waals surface area contributed by atoms with Gasteiger partial charge in [0.15, 0.2) is 16.2 Å². The molecule has 110 valence electrons. The number of fused-ring (bicyclic) bond motifs is 1. The number of halogens is 1. The van der Waals surface area contributed by atoms with Gasteiger partial charge in [0.25, 0.3) is 5.91 Å². The summed E-state index contributed by atoms with van der Waals surface area (Å²) >= 11 is 3.17. The summed E-state index contributed by atoms with van der Waals surface area (Å²) in [7, 11) is 0. The highest BCUT2D eigenvalue weighted by molar-refractivity contribution is 9.10. The zero-order valence-corrected chi connectivity index (χ0v) is 12.6. The van der Waals surface area contributed by atoms with Gasteiger partial charge in [-0.25, -0.2) is 0 Å². The molecule has 0 saturated heterocycles. The summed E-state index contributed by atoms with van der Waals surface area (Å²) in [6.07, 6.45) is 2.23. The maximum atomic E-state index is 12.2. The number of carbonyl (C=O) groups excluding carboxylic acids is 1. The van der Waals surface area contributed by atoms with Gasteiger partial charge in [-0.15, -0.1) is 0 Å². The van der Waals surface area contributed by atoms with E-state index in [1.807, 2.05) is 0 Å². The number of nitrogens with two attached hydrogens (primary N) is 1. The monoisotopic (exact) mass is 352 g/mol. The van der Waals surface area contributed by atoms with Crippen LogP contribution in [0.4, 0.5) is 11.4 Å². The first kappa shape index (κ1) is 13.8. The van der Waals surface area contributed by atoms with Gasteiger partial charge >= 0.3 is 0 Å². The molecule has 0 aliphatic carbocycles. The van der Waals surface area contributed by atoms with Crippen molar-refractivity contribution in [2.24, 2.45) is 0 Å². The van der Waals surface area contributed by atoms with Crippen molar-refractivity contribution in [2.45, 2.75) is 6.42 Å². The fourth-order valence-corrected chi connectivity index (χ4v) is 2.40. The zero-order valence-electron chi connectivity index (χ0n) is 11.0. The number of furan rings is 1. The number of ether oxygens (including phenoxy) is 2. The van der Waals surface area contributed by atoms with E-state index in [2.05, 4.69) is 21.2 Å². The molecule has 2 aromatic rings. The summed E-state index contributed by atoms with van der Waals surface area (Å²) in [4.78, 5) is 12.2. The number of nitrogens with one attached hydrogen (secondary N) is 1. The van der Waals surface area contributed by atoms with Crippen molar-refractivity contribution < 1.29 is 18.7 Å². The molecule has 3 rings (SSSR count). The van der Waals surface area contributed by atoms with E-state index in [4.69, 9.17) is 19.6 Å². The Morgan fingerprint density at radius 1 is 1.24 bits per heavy atom. The third-order valence-corrected chi connectivity index (χ3v) is 3.64. The summed E-state index contributed by atoms with van der Waals surface area (Å²) in [5.41, 5.74) is 7.22. The van der Waals surface area contributed by atoms with Gasteiger partial charge in [0, 0.05) is 18.6 Å². The molecule has 0 unspecified atom stereocenters. The second kappa shape index (κ2) is 5.69. The van der Waals surface area contributed by atoms with E-state index in [0.29, 0.717) is 46.3 Å². The Labute approximate surface area is 129 Å². The Kier molecular flexibility index (Phi) is 3.74. The van der Waals surface area contributed by atoms with Crippen molar-refractivity contribution in [3.63, 3.8) is 0 Å². The Morgan fingerprint density at radius 3 is 2.62 bits per heavy atom. The molecule has 1 amide bonds. The molecule has 0 saturated carbocycles. The second-order valence-electron chi connectivity index (χ2n) is 4.50. The molecule has 0 bridgehead atoms. The highest BCUT2D eigenvalue weighted by Gasteiger charge is 2.17. The van der Waals surface area contributed by atoms with E-state index >= 15 is 0 Å². The number of benzene rings is 1. The Hall–Kier alpha value is -2.15. The number of hydrogen-bond acceptors (Lipinski definition) is 5. The Morgan fingerprint density at radius 2 is 1.95 bits per heavy atom. The van der Waals surface area contributed by atoms with Crippen LogP contribution in [-0.4, -0.2) is 19.1 Å². The molecule has 0 atom stereocenters. The highest BCUT2D eigenvalue weighted by atomic mass is 79.9. The van der Waals surface area contributed by atoms with Crippen LogP contribution < -0.4 is 20.5 Å². The molecule has 0 radical (unpaired) electrons. The first-order valence-corrected chi connectivity index (χ1v) is 7.18. The molecule has 21 heavy (non-hydrogen) atoms. The van der Waals surface area contributed by atoms with Gasteiger partial charge in [-0.2, -0.15) is 0 Å². The maximum absolute atomic E-state index is 12.2. The lowest BCUT2D eigenvalue weighted by Crippen LogP contribution is -2.13. The normalized spacial score (nSPS) is 13.6. The molecule has 0 fully saturated rings. The summed E-state index contributed by atoms with van der Waals surface area (Å²) in [5, 5.41) is 2.73. The summed E-state index contributed by atoms with van der Waals surface area (Å²) < 4.78 is 16.5. The number of carbonyl (C=O) groups is 1. The molecule has 7 heteroatoms. The standard InChI is InChI=1S/C14H13BrN2O4/c15-13-8(2-5-21-13)14(18)17-10-7-12-11(6-9(10)16)19-3-1-4-20-12/h2,5-7H,1,3-4,16H2,(H,17,18). The van der Waals surface area contributed by atoms with Crippen LogP contribution >= 0.6 is 15.9 Å². The number of amides is 1. The Bertz CT molecular complexity index is 684. The van der Waals surface area contributed by atoms with Crippen LogP contribution in [0.5, 0.6) is 11.5 Å². The lowest BCUT2D eigenvalue weighted by Gasteiger charge is -2.13. The van der Waals surface area contributed by atoms with Crippen LogP contribution in [0.15, 0.2) is 33.5 Å². The van der Waals surface area contributed by atoms with Crippen LogP contribution in [-0.2, 0) is 0 Å². The molecular weight excluding hydrogens is 340 g/mol. The van der Waals surface area contributed by atoms with Crippen molar-refractivity contribution in [1.29, 1.82) is 0 Å². The van der Waals surface area contributed by atoms with Gasteiger partial charge in [0.1, 0.15) is 0 Å². The zero-order chi connectivity index (χ0) is 14.8. The van der Waals surface area contributed by atoms with E-state index in [-0.39, 0.29) is 5.91 Å². The van der Waals surface area contributed by atoms with E-state index in [9.17, 15) is 4.79 Å². The van der Waals surface area contributed by atoms with Crippen LogP contribution in [0, 0.1) is 0 Å². The predicted molar refractivity (Wildman–Crippen MR) is 80.8 cm³/mol. The summed E-state index contributed by atoms with van der Waals surface area (Å²) in [6.45, 7) is 1.15. The second-order valence-corrected chi connectivity index (χ2v) is 5.22. The maximum Gasteiger partial charge on any atom is 0.260 e. The summed E-state index contributed by atoms with van der Waals surface area (Å²) in [5.74, 6) is 0.840. The number of rotatable bonds is 2. The minimum absolute atomic E-state index is 0.322. The molecule has 1 aromatic carbocycles. The topological polar surface area (TPSA) is 86.7 Å². The van der Waals surface area contributed by atoms with Crippen molar-refractivity contribution in [1.82, 2.24) is 0 Å². The molecule has 0 spiro atoms. The Balaban J connectivity index is 1.87. The minimum Gasteiger partial charge on any atom is -0.489 e. The van der Waals surface area contributed by atoms with Gasteiger partial charge in [0.2, 0.25) is 0 Å². The number of anilines is 2. The molecule has 1 aliphatic heterocycles. The van der Waals surface area contributed by atoms with Crippen molar-refractivity contribution in [3.05, 3.63) is 34.7 Å². The SMILES string of the molecule is Nc1cc2c(cc1NC(=O)c1ccoc1Br)OCCCO2. The highest BCUT2D eigenvalue weighted by Crippen LogP contribution is 2.37. The minimum atomic E-state index is -0.322. The third kappa shape index (κ3) is 2.82. The third-order valence-electron chi connectivity index (χ3n) is 3.03. The van der Waals surface area contributed by atoms with Gasteiger partial charge in [-0.05, 0) is 22.0 Å². The fraction of sp³-hybridized carbons (Fsp3) is 0.214. The van der Waals surface area contributed by atoms with Gasteiger partial charge in [0.05, 0.1) is 36.4 Å². The molecule has 3 N–H and O–H groups in total. The first-order valence-electron chi connectivity index (χ1n) is 6.38. The molecule has 6 nitrogen and oxygen atoms in total. The first-order chi connectivity index (χ1) is 10.1. The molecule has 2 heterocycles. The van der Waals surface area contributed by atoms with E-state index < -0.39 is 0 Å². The van der Waals surface area contributed by atoms with Gasteiger partial charge < -0.3 is 24.9 Å². The average molecular weight is 353 g/mol. The number of nitrogen functional groups attached to an aromatic ring is 1. The van der Waals surface area contributed by atoms with Crippen LogP contribution in [0.2, 0.25) is 0 Å². The number of hydrogen-bond donors (Lipinski definition) is 2. The predicted octanol–water partition coefficient (Wildman–Crippen LogP) is 3.04. The fourth-order valence-electron chi connectivity index (χ4n) is 1.98. The quantitative estimate of drug-likeness (QED) is 0.811. The van der Waals surface area contributed by atoms with Crippen LogP contribution in [0.1, 0.15) is 16.8 Å². The lowest BCUT2D eigenvalue weighted by atomic mass is 10.2. The van der Waals surface area contributed by atoms with E-state index in [1.54, 1.807) is 18.2 Å². The van der Waals surface area contributed by atoms with E-state index in [0.717, 1.165) is 6.42 Å². The van der Waals surface area contributed by atoms with E-state index in [1.165, 1.54) is 6.26 Å². The molecule has 1 aromatic heterocycles. The summed E-state index contributed by atoms with van der Waals surface area (Å²) in [6, 6.07) is 4.89. The lowest BCUT2D eigenvalue weighted by molar-refractivity contribution is 0.102. The van der Waals surface area contributed by atoms with Crippen LogP contribution in [0.25, 0.3) is 0 Å².